The Morgan fingerprint density at radius 3 is 2.97 bits per heavy atom. The fraction of sp³-hybridized carbons (Fsp3) is 0.136. The Labute approximate surface area is 176 Å². The summed E-state index contributed by atoms with van der Waals surface area (Å²) in [4.78, 5) is 34.1. The van der Waals surface area contributed by atoms with E-state index in [1.165, 1.54) is 11.3 Å². The highest BCUT2D eigenvalue weighted by Gasteiger charge is 2.25. The van der Waals surface area contributed by atoms with Gasteiger partial charge in [0.15, 0.2) is 11.7 Å². The normalized spacial score (nSPS) is 13.2. The van der Waals surface area contributed by atoms with Crippen LogP contribution in [0.15, 0.2) is 60.1 Å². The molecular formula is C22H18N4O3S. The van der Waals surface area contributed by atoms with E-state index in [0.717, 1.165) is 22.2 Å². The number of para-hydroxylation sites is 3. The third-order valence-corrected chi connectivity index (χ3v) is 5.74. The molecule has 2 amide bonds. The van der Waals surface area contributed by atoms with Gasteiger partial charge in [-0.05, 0) is 18.2 Å². The van der Waals surface area contributed by atoms with Gasteiger partial charge in [0, 0.05) is 41.0 Å². The smallest absolute Gasteiger partial charge is 0.265 e. The number of hydrogen-bond acceptors (Lipinski definition) is 5. The number of rotatable bonds is 5. The zero-order chi connectivity index (χ0) is 20.5. The van der Waals surface area contributed by atoms with Crippen LogP contribution in [-0.4, -0.2) is 34.9 Å². The Kier molecular flexibility index (Phi) is 4.68. The first kappa shape index (κ1) is 18.4. The van der Waals surface area contributed by atoms with Crippen molar-refractivity contribution in [3.8, 4) is 17.0 Å². The molecule has 1 aliphatic rings. The van der Waals surface area contributed by atoms with E-state index in [4.69, 9.17) is 4.74 Å². The lowest BCUT2D eigenvalue weighted by Crippen LogP contribution is -2.40. The van der Waals surface area contributed by atoms with Gasteiger partial charge in [-0.1, -0.05) is 30.3 Å². The van der Waals surface area contributed by atoms with Gasteiger partial charge >= 0.3 is 0 Å². The topological polar surface area (TPSA) is 87.3 Å². The maximum atomic E-state index is 12.5. The van der Waals surface area contributed by atoms with Crippen LogP contribution in [0, 0.1) is 0 Å². The number of carbonyl (C=O) groups is 2. The van der Waals surface area contributed by atoms with Crippen molar-refractivity contribution in [2.24, 2.45) is 0 Å². The number of fused-ring (bicyclic) bond motifs is 2. The molecule has 0 bridgehead atoms. The third kappa shape index (κ3) is 3.42. The Morgan fingerprint density at radius 2 is 2.03 bits per heavy atom. The van der Waals surface area contributed by atoms with Gasteiger partial charge in [0.2, 0.25) is 5.91 Å². The van der Waals surface area contributed by atoms with E-state index in [2.05, 4.69) is 15.3 Å². The summed E-state index contributed by atoms with van der Waals surface area (Å²) in [7, 11) is 0. The van der Waals surface area contributed by atoms with E-state index >= 15 is 0 Å². The third-order valence-electron chi connectivity index (χ3n) is 4.99. The summed E-state index contributed by atoms with van der Waals surface area (Å²) in [5.41, 5.74) is 3.54. The fourth-order valence-electron chi connectivity index (χ4n) is 3.53. The summed E-state index contributed by atoms with van der Waals surface area (Å²) in [6.45, 7) is 0.269. The van der Waals surface area contributed by atoms with E-state index in [9.17, 15) is 9.59 Å². The second-order valence-corrected chi connectivity index (χ2v) is 7.74. The molecule has 1 aliphatic heterocycles. The summed E-state index contributed by atoms with van der Waals surface area (Å²) in [6.07, 6.45) is 2.09. The number of aromatic nitrogens is 2. The number of thiazole rings is 1. The predicted octanol–water partition coefficient (Wildman–Crippen LogP) is 4.05. The lowest BCUT2D eigenvalue weighted by molar-refractivity contribution is -0.121. The molecular weight excluding hydrogens is 400 g/mol. The van der Waals surface area contributed by atoms with E-state index in [-0.39, 0.29) is 31.4 Å². The van der Waals surface area contributed by atoms with Crippen LogP contribution < -0.4 is 15.0 Å². The Balaban J connectivity index is 1.25. The Morgan fingerprint density at radius 1 is 1.20 bits per heavy atom. The number of nitrogens with one attached hydrogen (secondary N) is 2. The quantitative estimate of drug-likeness (QED) is 0.512. The highest BCUT2D eigenvalue weighted by atomic mass is 32.1. The van der Waals surface area contributed by atoms with Crippen LogP contribution in [0.3, 0.4) is 0 Å². The lowest BCUT2D eigenvalue weighted by atomic mass is 10.1. The molecule has 0 radical (unpaired) electrons. The molecule has 7 nitrogen and oxygen atoms in total. The number of hydrogen-bond donors (Lipinski definition) is 2. The molecule has 0 spiro atoms. The number of H-pyrrole nitrogens is 1. The summed E-state index contributed by atoms with van der Waals surface area (Å²) < 4.78 is 5.43. The number of amides is 2. The van der Waals surface area contributed by atoms with Gasteiger partial charge in [0.05, 0.1) is 11.4 Å². The Bertz CT molecular complexity index is 1250. The van der Waals surface area contributed by atoms with Crippen LogP contribution in [0.5, 0.6) is 5.75 Å². The molecule has 3 heterocycles. The molecule has 0 fully saturated rings. The highest BCUT2D eigenvalue weighted by molar-refractivity contribution is 7.14. The zero-order valence-electron chi connectivity index (χ0n) is 15.9. The molecule has 2 aromatic carbocycles. The molecule has 30 heavy (non-hydrogen) atoms. The zero-order valence-corrected chi connectivity index (χ0v) is 16.7. The molecule has 8 heteroatoms. The van der Waals surface area contributed by atoms with E-state index < -0.39 is 0 Å². The molecule has 0 saturated carbocycles. The summed E-state index contributed by atoms with van der Waals surface area (Å²) in [5.74, 6) is 0.310. The maximum Gasteiger partial charge on any atom is 0.265 e. The van der Waals surface area contributed by atoms with Crippen molar-refractivity contribution < 1.29 is 14.3 Å². The minimum Gasteiger partial charge on any atom is -0.482 e. The Hall–Kier alpha value is -3.65. The fourth-order valence-corrected chi connectivity index (χ4v) is 4.26. The first-order chi connectivity index (χ1) is 14.7. The van der Waals surface area contributed by atoms with Gasteiger partial charge in [-0.3, -0.25) is 9.59 Å². The van der Waals surface area contributed by atoms with E-state index in [0.29, 0.717) is 16.6 Å². The number of anilines is 2. The number of nitrogens with zero attached hydrogens (tertiary/aromatic N) is 2. The minimum atomic E-state index is -0.188. The summed E-state index contributed by atoms with van der Waals surface area (Å²) in [6, 6.07) is 15.3. The van der Waals surface area contributed by atoms with Crippen molar-refractivity contribution in [2.45, 2.75) is 6.42 Å². The van der Waals surface area contributed by atoms with Crippen LogP contribution in [0.1, 0.15) is 6.42 Å². The van der Waals surface area contributed by atoms with Crippen molar-refractivity contribution in [3.63, 3.8) is 0 Å². The van der Waals surface area contributed by atoms with Gasteiger partial charge in [-0.25, -0.2) is 4.98 Å². The molecule has 0 unspecified atom stereocenters. The summed E-state index contributed by atoms with van der Waals surface area (Å²) in [5, 5.41) is 6.39. The van der Waals surface area contributed by atoms with Gasteiger partial charge in [-0.15, -0.1) is 11.3 Å². The van der Waals surface area contributed by atoms with Crippen molar-refractivity contribution in [1.82, 2.24) is 9.97 Å². The SMILES string of the molecule is O=C(CCN1C(=O)COc2ccccc21)Nc1nc(-c2c[nH]c3ccccc23)cs1. The van der Waals surface area contributed by atoms with Crippen molar-refractivity contribution in [2.75, 3.05) is 23.4 Å². The van der Waals surface area contributed by atoms with E-state index in [1.807, 2.05) is 60.1 Å². The second kappa shape index (κ2) is 7.64. The standard InChI is InChI=1S/C22H18N4O3S/c27-20(9-10-26-18-7-3-4-8-19(18)29-12-21(26)28)25-22-24-17(13-30-22)15-11-23-16-6-2-1-5-14(15)16/h1-8,11,13,23H,9-10,12H2,(H,24,25,27). The molecule has 2 aromatic heterocycles. The van der Waals surface area contributed by atoms with Crippen LogP contribution in [-0.2, 0) is 9.59 Å². The van der Waals surface area contributed by atoms with Crippen molar-refractivity contribution in [1.29, 1.82) is 0 Å². The molecule has 4 aromatic rings. The molecule has 0 atom stereocenters. The van der Waals surface area contributed by atoms with Crippen LogP contribution in [0.25, 0.3) is 22.2 Å². The first-order valence-electron chi connectivity index (χ1n) is 9.53. The maximum absolute atomic E-state index is 12.5. The van der Waals surface area contributed by atoms with Crippen LogP contribution in [0.4, 0.5) is 10.8 Å². The van der Waals surface area contributed by atoms with Gasteiger partial charge in [0.1, 0.15) is 5.75 Å². The van der Waals surface area contributed by atoms with Gasteiger partial charge < -0.3 is 19.9 Å². The summed E-state index contributed by atoms with van der Waals surface area (Å²) >= 11 is 1.38. The number of ether oxygens (including phenoxy) is 1. The predicted molar refractivity (Wildman–Crippen MR) is 117 cm³/mol. The number of aromatic amines is 1. The monoisotopic (exact) mass is 418 g/mol. The number of carbonyl (C=O) groups excluding carboxylic acids is 2. The molecule has 5 rings (SSSR count). The second-order valence-electron chi connectivity index (χ2n) is 6.89. The number of benzene rings is 2. The van der Waals surface area contributed by atoms with Crippen molar-refractivity contribution >= 4 is 44.9 Å². The molecule has 2 N–H and O–H groups in total. The largest absolute Gasteiger partial charge is 0.482 e. The van der Waals surface area contributed by atoms with Gasteiger partial charge in [-0.2, -0.15) is 0 Å². The van der Waals surface area contributed by atoms with Crippen LogP contribution >= 0.6 is 11.3 Å². The van der Waals surface area contributed by atoms with Gasteiger partial charge in [0.25, 0.3) is 5.91 Å². The first-order valence-corrected chi connectivity index (χ1v) is 10.4. The average molecular weight is 418 g/mol. The average Bonchev–Trinajstić information content (AvgIpc) is 3.39. The minimum absolute atomic E-state index is 0.0148. The highest BCUT2D eigenvalue weighted by Crippen LogP contribution is 2.32. The van der Waals surface area contributed by atoms with E-state index in [1.54, 1.807) is 4.90 Å². The van der Waals surface area contributed by atoms with Crippen LogP contribution in [0.2, 0.25) is 0 Å². The molecule has 150 valence electrons. The van der Waals surface area contributed by atoms with Crippen molar-refractivity contribution in [3.05, 3.63) is 60.1 Å². The molecule has 0 saturated heterocycles. The lowest BCUT2D eigenvalue weighted by Gasteiger charge is -2.29. The molecule has 0 aliphatic carbocycles.